The Morgan fingerprint density at radius 3 is 2.14 bits per heavy atom. The van der Waals surface area contributed by atoms with Crippen LogP contribution in [0.5, 0.6) is 0 Å². The summed E-state index contributed by atoms with van der Waals surface area (Å²) in [6, 6.07) is 11.1. The Morgan fingerprint density at radius 1 is 1.05 bits per heavy atom. The summed E-state index contributed by atoms with van der Waals surface area (Å²) in [5.41, 5.74) is 1.53. The van der Waals surface area contributed by atoms with Crippen molar-refractivity contribution in [1.29, 1.82) is 0 Å². The summed E-state index contributed by atoms with van der Waals surface area (Å²) in [5, 5.41) is 3.53. The summed E-state index contributed by atoms with van der Waals surface area (Å²) in [6.07, 6.45) is 0.921. The molecule has 0 spiro atoms. The van der Waals surface area contributed by atoms with E-state index in [0.29, 0.717) is 19.3 Å². The van der Waals surface area contributed by atoms with Crippen LogP contribution in [0.4, 0.5) is 0 Å². The fourth-order valence-electron chi connectivity index (χ4n) is 2.68. The standard InChI is InChI=1S/C18H31NO2/c1-6-20-17(21-7-2)14-19-15(3)13-18(4,5)16-11-9-8-10-12-16/h8-12,15,17,19H,6-7,13-14H2,1-5H3. The Bertz CT molecular complexity index is 372. The molecule has 1 aromatic carbocycles. The van der Waals surface area contributed by atoms with Crippen LogP contribution in [-0.4, -0.2) is 32.1 Å². The Kier molecular flexibility index (Phi) is 7.94. The fraction of sp³-hybridized carbons (Fsp3) is 0.667. The molecule has 1 rings (SSSR count). The van der Waals surface area contributed by atoms with Crippen molar-refractivity contribution in [3.8, 4) is 0 Å². The number of nitrogens with one attached hydrogen (secondary N) is 1. The van der Waals surface area contributed by atoms with E-state index in [1.807, 2.05) is 13.8 Å². The van der Waals surface area contributed by atoms with Crippen molar-refractivity contribution in [2.75, 3.05) is 19.8 Å². The van der Waals surface area contributed by atoms with E-state index in [1.165, 1.54) is 5.56 Å². The van der Waals surface area contributed by atoms with Gasteiger partial charge >= 0.3 is 0 Å². The molecule has 0 aliphatic heterocycles. The summed E-state index contributed by atoms with van der Waals surface area (Å²) in [6.45, 7) is 12.9. The molecule has 0 heterocycles. The molecule has 21 heavy (non-hydrogen) atoms. The van der Waals surface area contributed by atoms with Crippen molar-refractivity contribution < 1.29 is 9.47 Å². The molecule has 0 saturated heterocycles. The van der Waals surface area contributed by atoms with Gasteiger partial charge in [-0.15, -0.1) is 0 Å². The van der Waals surface area contributed by atoms with Gasteiger partial charge in [-0.05, 0) is 38.2 Å². The van der Waals surface area contributed by atoms with Crippen molar-refractivity contribution in [3.63, 3.8) is 0 Å². The maximum Gasteiger partial charge on any atom is 0.169 e. The van der Waals surface area contributed by atoms with Crippen molar-refractivity contribution in [2.24, 2.45) is 0 Å². The number of benzene rings is 1. The van der Waals surface area contributed by atoms with E-state index in [-0.39, 0.29) is 11.7 Å². The Morgan fingerprint density at radius 2 is 1.62 bits per heavy atom. The van der Waals surface area contributed by atoms with Gasteiger partial charge in [0.25, 0.3) is 0 Å². The molecule has 120 valence electrons. The van der Waals surface area contributed by atoms with Crippen molar-refractivity contribution >= 4 is 0 Å². The lowest BCUT2D eigenvalue weighted by Crippen LogP contribution is -2.39. The third kappa shape index (κ3) is 6.60. The summed E-state index contributed by atoms with van der Waals surface area (Å²) in [7, 11) is 0. The first kappa shape index (κ1) is 18.1. The van der Waals surface area contributed by atoms with Crippen molar-refractivity contribution in [1.82, 2.24) is 5.32 Å². The van der Waals surface area contributed by atoms with Crippen LogP contribution in [0.15, 0.2) is 30.3 Å². The first-order valence-corrected chi connectivity index (χ1v) is 8.01. The van der Waals surface area contributed by atoms with Crippen molar-refractivity contribution in [3.05, 3.63) is 35.9 Å². The quantitative estimate of drug-likeness (QED) is 0.667. The third-order valence-corrected chi connectivity index (χ3v) is 3.71. The van der Waals surface area contributed by atoms with E-state index < -0.39 is 0 Å². The van der Waals surface area contributed by atoms with Gasteiger partial charge < -0.3 is 14.8 Å². The summed E-state index contributed by atoms with van der Waals surface area (Å²) in [5.74, 6) is 0. The molecule has 0 amide bonds. The second-order valence-electron chi connectivity index (χ2n) is 6.10. The van der Waals surface area contributed by atoms with Gasteiger partial charge in [-0.25, -0.2) is 0 Å². The smallest absolute Gasteiger partial charge is 0.169 e. The SMILES string of the molecule is CCOC(CNC(C)CC(C)(C)c1ccccc1)OCC. The average molecular weight is 293 g/mol. The van der Waals surface area contributed by atoms with Gasteiger partial charge in [0.1, 0.15) is 0 Å². The van der Waals surface area contributed by atoms with Crippen molar-refractivity contribution in [2.45, 2.75) is 58.8 Å². The highest BCUT2D eigenvalue weighted by molar-refractivity contribution is 5.23. The minimum Gasteiger partial charge on any atom is -0.352 e. The zero-order chi connectivity index (χ0) is 15.7. The molecule has 0 aliphatic rings. The van der Waals surface area contributed by atoms with Gasteiger partial charge in [-0.2, -0.15) is 0 Å². The monoisotopic (exact) mass is 293 g/mol. The van der Waals surface area contributed by atoms with Crippen LogP contribution in [0.2, 0.25) is 0 Å². The number of ether oxygens (including phenoxy) is 2. The molecule has 1 atom stereocenters. The summed E-state index contributed by atoms with van der Waals surface area (Å²) >= 11 is 0. The van der Waals surface area contributed by atoms with Crippen LogP contribution < -0.4 is 5.32 Å². The Hall–Kier alpha value is -0.900. The molecule has 0 fully saturated rings. The maximum absolute atomic E-state index is 5.56. The van der Waals surface area contributed by atoms with Gasteiger partial charge in [0.05, 0.1) is 0 Å². The first-order chi connectivity index (χ1) is 9.99. The molecule has 0 aliphatic carbocycles. The van der Waals surface area contributed by atoms with E-state index >= 15 is 0 Å². The molecule has 0 radical (unpaired) electrons. The number of hydrogen-bond donors (Lipinski definition) is 1. The number of hydrogen-bond acceptors (Lipinski definition) is 3. The Balaban J connectivity index is 2.47. The molecule has 1 unspecified atom stereocenters. The molecule has 0 saturated carbocycles. The molecule has 3 heteroatoms. The highest BCUT2D eigenvalue weighted by Crippen LogP contribution is 2.28. The predicted molar refractivity (Wildman–Crippen MR) is 88.6 cm³/mol. The lowest BCUT2D eigenvalue weighted by molar-refractivity contribution is -0.133. The highest BCUT2D eigenvalue weighted by atomic mass is 16.7. The highest BCUT2D eigenvalue weighted by Gasteiger charge is 2.23. The average Bonchev–Trinajstić information content (AvgIpc) is 2.46. The van der Waals surface area contributed by atoms with Crippen LogP contribution in [0, 0.1) is 0 Å². The van der Waals surface area contributed by atoms with E-state index in [1.54, 1.807) is 0 Å². The zero-order valence-electron chi connectivity index (χ0n) is 14.2. The fourth-order valence-corrected chi connectivity index (χ4v) is 2.68. The van der Waals surface area contributed by atoms with Gasteiger partial charge in [-0.3, -0.25) is 0 Å². The van der Waals surface area contributed by atoms with E-state index in [2.05, 4.69) is 56.4 Å². The van der Waals surface area contributed by atoms with Gasteiger partial charge in [-0.1, -0.05) is 44.2 Å². The molecule has 3 nitrogen and oxygen atoms in total. The van der Waals surface area contributed by atoms with Gasteiger partial charge in [0.15, 0.2) is 6.29 Å². The van der Waals surface area contributed by atoms with Crippen LogP contribution in [-0.2, 0) is 14.9 Å². The third-order valence-electron chi connectivity index (χ3n) is 3.71. The predicted octanol–water partition coefficient (Wildman–Crippen LogP) is 3.73. The first-order valence-electron chi connectivity index (χ1n) is 8.01. The molecule has 0 aromatic heterocycles. The largest absolute Gasteiger partial charge is 0.352 e. The lowest BCUT2D eigenvalue weighted by Gasteiger charge is -2.30. The van der Waals surface area contributed by atoms with E-state index in [0.717, 1.165) is 13.0 Å². The Labute approximate surface area is 130 Å². The molecular weight excluding hydrogens is 262 g/mol. The lowest BCUT2D eigenvalue weighted by atomic mass is 9.79. The minimum absolute atomic E-state index is 0.151. The van der Waals surface area contributed by atoms with Gasteiger partial charge in [0.2, 0.25) is 0 Å². The zero-order valence-corrected chi connectivity index (χ0v) is 14.2. The van der Waals surface area contributed by atoms with Crippen LogP contribution in [0.1, 0.15) is 46.6 Å². The van der Waals surface area contributed by atoms with Crippen LogP contribution >= 0.6 is 0 Å². The van der Waals surface area contributed by atoms with Gasteiger partial charge in [0, 0.05) is 25.8 Å². The second kappa shape index (κ2) is 9.19. The van der Waals surface area contributed by atoms with Crippen LogP contribution in [0.3, 0.4) is 0 Å². The van der Waals surface area contributed by atoms with E-state index in [9.17, 15) is 0 Å². The van der Waals surface area contributed by atoms with Crippen LogP contribution in [0.25, 0.3) is 0 Å². The number of rotatable bonds is 10. The normalized spacial score (nSPS) is 13.6. The topological polar surface area (TPSA) is 30.5 Å². The molecule has 1 N–H and O–H groups in total. The second-order valence-corrected chi connectivity index (χ2v) is 6.10. The maximum atomic E-state index is 5.56. The molecular formula is C18H31NO2. The summed E-state index contributed by atoms with van der Waals surface area (Å²) < 4.78 is 11.1. The van der Waals surface area contributed by atoms with E-state index in [4.69, 9.17) is 9.47 Å². The summed E-state index contributed by atoms with van der Waals surface area (Å²) in [4.78, 5) is 0. The molecule has 1 aromatic rings. The minimum atomic E-state index is -0.151. The molecule has 0 bridgehead atoms.